The van der Waals surface area contributed by atoms with E-state index < -0.39 is 0 Å². The quantitative estimate of drug-likeness (QED) is 0.893. The minimum Gasteiger partial charge on any atom is -0.349 e. The summed E-state index contributed by atoms with van der Waals surface area (Å²) in [7, 11) is 0. The van der Waals surface area contributed by atoms with Gasteiger partial charge >= 0.3 is 0 Å². The molecule has 3 nitrogen and oxygen atoms in total. The molecule has 1 aromatic rings. The molecule has 0 aliphatic carbocycles. The van der Waals surface area contributed by atoms with E-state index in [4.69, 9.17) is 11.6 Å². The van der Waals surface area contributed by atoms with Crippen LogP contribution in [0.2, 0.25) is 5.02 Å². The predicted molar refractivity (Wildman–Crippen MR) is 87.4 cm³/mol. The van der Waals surface area contributed by atoms with Crippen molar-refractivity contribution in [3.05, 3.63) is 34.9 Å². The Kier molecular flexibility index (Phi) is 5.65. The van der Waals surface area contributed by atoms with Gasteiger partial charge in [-0.1, -0.05) is 37.6 Å². The zero-order chi connectivity index (χ0) is 15.4. The summed E-state index contributed by atoms with van der Waals surface area (Å²) in [6.07, 6.45) is 1.83. The smallest absolute Gasteiger partial charge is 0.223 e. The van der Waals surface area contributed by atoms with Crippen molar-refractivity contribution in [2.45, 2.75) is 45.7 Å². The summed E-state index contributed by atoms with van der Waals surface area (Å²) >= 11 is 5.95. The topological polar surface area (TPSA) is 41.1 Å². The molecule has 0 bridgehead atoms. The minimum absolute atomic E-state index is 0.0416. The molecule has 0 saturated carbocycles. The Morgan fingerprint density at radius 1 is 1.33 bits per heavy atom. The molecule has 0 spiro atoms. The maximum atomic E-state index is 12.5. The van der Waals surface area contributed by atoms with Crippen molar-refractivity contribution in [3.8, 4) is 0 Å². The maximum Gasteiger partial charge on any atom is 0.223 e. The van der Waals surface area contributed by atoms with Crippen LogP contribution in [0.15, 0.2) is 24.3 Å². The first-order valence-corrected chi connectivity index (χ1v) is 8.14. The van der Waals surface area contributed by atoms with Crippen LogP contribution in [0.4, 0.5) is 0 Å². The SMILES string of the molecule is CC1CC(C(=O)NC(c2ccc(Cl)cc2)C(C)C)CCN1. The fourth-order valence-electron chi connectivity index (χ4n) is 2.95. The van der Waals surface area contributed by atoms with Gasteiger partial charge in [0.15, 0.2) is 0 Å². The third kappa shape index (κ3) is 4.45. The highest BCUT2D eigenvalue weighted by atomic mass is 35.5. The molecule has 116 valence electrons. The summed E-state index contributed by atoms with van der Waals surface area (Å²) in [5.41, 5.74) is 1.12. The van der Waals surface area contributed by atoms with E-state index in [1.807, 2.05) is 24.3 Å². The second-order valence-corrected chi connectivity index (χ2v) is 6.79. The Hall–Kier alpha value is -1.06. The average Bonchev–Trinajstić information content (AvgIpc) is 2.45. The zero-order valence-corrected chi connectivity index (χ0v) is 13.8. The molecule has 0 radical (unpaired) electrons. The van der Waals surface area contributed by atoms with Crippen LogP contribution in [-0.4, -0.2) is 18.5 Å². The van der Waals surface area contributed by atoms with E-state index in [1.165, 1.54) is 0 Å². The van der Waals surface area contributed by atoms with Gasteiger partial charge in [-0.05, 0) is 49.9 Å². The zero-order valence-electron chi connectivity index (χ0n) is 13.0. The number of hydrogen-bond acceptors (Lipinski definition) is 2. The molecule has 1 aliphatic rings. The number of hydrogen-bond donors (Lipinski definition) is 2. The monoisotopic (exact) mass is 308 g/mol. The lowest BCUT2D eigenvalue weighted by Crippen LogP contribution is -2.44. The van der Waals surface area contributed by atoms with E-state index in [1.54, 1.807) is 0 Å². The van der Waals surface area contributed by atoms with E-state index in [9.17, 15) is 4.79 Å². The van der Waals surface area contributed by atoms with Crippen LogP contribution < -0.4 is 10.6 Å². The van der Waals surface area contributed by atoms with E-state index in [-0.39, 0.29) is 17.9 Å². The molecule has 1 saturated heterocycles. The minimum atomic E-state index is 0.0416. The second-order valence-electron chi connectivity index (χ2n) is 6.36. The lowest BCUT2D eigenvalue weighted by atomic mass is 9.90. The van der Waals surface area contributed by atoms with Gasteiger partial charge < -0.3 is 10.6 Å². The first-order valence-electron chi connectivity index (χ1n) is 7.76. The Labute approximate surface area is 132 Å². The molecule has 4 heteroatoms. The lowest BCUT2D eigenvalue weighted by molar-refractivity contribution is -0.127. The molecule has 3 unspecified atom stereocenters. The fraction of sp³-hybridized carbons (Fsp3) is 0.588. The second kappa shape index (κ2) is 7.28. The number of benzene rings is 1. The van der Waals surface area contributed by atoms with Crippen molar-refractivity contribution < 1.29 is 4.79 Å². The fourth-order valence-corrected chi connectivity index (χ4v) is 3.07. The van der Waals surface area contributed by atoms with Crippen molar-refractivity contribution in [1.82, 2.24) is 10.6 Å². The Bertz CT molecular complexity index is 472. The average molecular weight is 309 g/mol. The van der Waals surface area contributed by atoms with Gasteiger partial charge in [0, 0.05) is 17.0 Å². The van der Waals surface area contributed by atoms with Crippen LogP contribution in [0.5, 0.6) is 0 Å². The van der Waals surface area contributed by atoms with Crippen LogP contribution in [-0.2, 0) is 4.79 Å². The highest BCUT2D eigenvalue weighted by Gasteiger charge is 2.27. The third-order valence-corrected chi connectivity index (χ3v) is 4.44. The van der Waals surface area contributed by atoms with E-state index in [0.717, 1.165) is 30.0 Å². The van der Waals surface area contributed by atoms with Gasteiger partial charge in [0.2, 0.25) is 5.91 Å². The molecule has 1 aromatic carbocycles. The lowest BCUT2D eigenvalue weighted by Gasteiger charge is -2.30. The summed E-state index contributed by atoms with van der Waals surface area (Å²) in [6, 6.07) is 8.22. The van der Waals surface area contributed by atoms with Gasteiger partial charge in [0.25, 0.3) is 0 Å². The molecule has 21 heavy (non-hydrogen) atoms. The maximum absolute atomic E-state index is 12.5. The summed E-state index contributed by atoms with van der Waals surface area (Å²) < 4.78 is 0. The first-order chi connectivity index (χ1) is 9.97. The number of piperidine rings is 1. The third-order valence-electron chi connectivity index (χ3n) is 4.19. The largest absolute Gasteiger partial charge is 0.349 e. The normalized spacial score (nSPS) is 23.9. The molecule has 1 heterocycles. The van der Waals surface area contributed by atoms with Gasteiger partial charge in [-0.3, -0.25) is 4.79 Å². The molecular formula is C17H25ClN2O. The van der Waals surface area contributed by atoms with Crippen LogP contribution in [0, 0.1) is 11.8 Å². The Morgan fingerprint density at radius 3 is 2.57 bits per heavy atom. The van der Waals surface area contributed by atoms with Crippen molar-refractivity contribution >= 4 is 17.5 Å². The molecule has 2 rings (SSSR count). The summed E-state index contributed by atoms with van der Waals surface area (Å²) in [4.78, 5) is 12.5. The molecular weight excluding hydrogens is 284 g/mol. The highest BCUT2D eigenvalue weighted by molar-refractivity contribution is 6.30. The molecule has 2 N–H and O–H groups in total. The van der Waals surface area contributed by atoms with Crippen molar-refractivity contribution in [1.29, 1.82) is 0 Å². The summed E-state index contributed by atoms with van der Waals surface area (Å²) in [5, 5.41) is 7.34. The van der Waals surface area contributed by atoms with Crippen LogP contribution in [0.25, 0.3) is 0 Å². The number of nitrogens with one attached hydrogen (secondary N) is 2. The van der Waals surface area contributed by atoms with Crippen molar-refractivity contribution in [2.24, 2.45) is 11.8 Å². The van der Waals surface area contributed by atoms with Gasteiger partial charge in [0.1, 0.15) is 0 Å². The number of carbonyl (C=O) groups is 1. The number of carbonyl (C=O) groups excluding carboxylic acids is 1. The summed E-state index contributed by atoms with van der Waals surface area (Å²) in [5.74, 6) is 0.640. The van der Waals surface area contributed by atoms with Gasteiger partial charge in [-0.2, -0.15) is 0 Å². The van der Waals surface area contributed by atoms with Crippen LogP contribution >= 0.6 is 11.6 Å². The predicted octanol–water partition coefficient (Wildman–Crippen LogP) is 3.54. The van der Waals surface area contributed by atoms with E-state index in [0.29, 0.717) is 12.0 Å². The van der Waals surface area contributed by atoms with Gasteiger partial charge in [0.05, 0.1) is 6.04 Å². The number of halogens is 1. The molecule has 1 fully saturated rings. The van der Waals surface area contributed by atoms with Gasteiger partial charge in [-0.25, -0.2) is 0 Å². The standard InChI is InChI=1S/C17H25ClN2O/c1-11(2)16(13-4-6-15(18)7-5-13)20-17(21)14-8-9-19-12(3)10-14/h4-7,11-12,14,16,19H,8-10H2,1-3H3,(H,20,21). The molecule has 0 aromatic heterocycles. The van der Waals surface area contributed by atoms with Crippen LogP contribution in [0.1, 0.15) is 45.2 Å². The summed E-state index contributed by atoms with van der Waals surface area (Å²) in [6.45, 7) is 7.32. The highest BCUT2D eigenvalue weighted by Crippen LogP contribution is 2.25. The molecule has 1 amide bonds. The Balaban J connectivity index is 2.05. The first kappa shape index (κ1) is 16.3. The van der Waals surface area contributed by atoms with Gasteiger partial charge in [-0.15, -0.1) is 0 Å². The molecule has 3 atom stereocenters. The molecule has 1 aliphatic heterocycles. The number of amides is 1. The Morgan fingerprint density at radius 2 is 2.00 bits per heavy atom. The van der Waals surface area contributed by atoms with Crippen LogP contribution in [0.3, 0.4) is 0 Å². The van der Waals surface area contributed by atoms with E-state index in [2.05, 4.69) is 31.4 Å². The van der Waals surface area contributed by atoms with Crippen molar-refractivity contribution in [2.75, 3.05) is 6.54 Å². The number of rotatable bonds is 4. The van der Waals surface area contributed by atoms with Crippen molar-refractivity contribution in [3.63, 3.8) is 0 Å². The van der Waals surface area contributed by atoms with E-state index >= 15 is 0 Å².